The second-order valence-corrected chi connectivity index (χ2v) is 8.20. The van der Waals surface area contributed by atoms with Crippen LogP contribution in [0.1, 0.15) is 36.8 Å². The highest BCUT2D eigenvalue weighted by atomic mass is 16.2. The van der Waals surface area contributed by atoms with E-state index in [0.717, 1.165) is 44.7 Å². The van der Waals surface area contributed by atoms with Crippen LogP contribution < -0.4 is 4.90 Å². The molecule has 2 aliphatic heterocycles. The van der Waals surface area contributed by atoms with Crippen LogP contribution in [-0.4, -0.2) is 42.0 Å². The summed E-state index contributed by atoms with van der Waals surface area (Å²) in [5, 5.41) is 1.32. The number of carbonyl (C=O) groups excluding carboxylic acids is 1. The van der Waals surface area contributed by atoms with Gasteiger partial charge in [0.05, 0.1) is 0 Å². The minimum atomic E-state index is 0.143. The van der Waals surface area contributed by atoms with Gasteiger partial charge in [-0.3, -0.25) is 9.69 Å². The number of nitrogens with one attached hydrogen (secondary N) is 1. The fourth-order valence-corrected chi connectivity index (χ4v) is 4.88. The quantitative estimate of drug-likeness (QED) is 0.701. The number of anilines is 1. The van der Waals surface area contributed by atoms with Crippen LogP contribution in [-0.2, 0) is 4.79 Å². The summed E-state index contributed by atoms with van der Waals surface area (Å²) in [4.78, 5) is 19.9. The summed E-state index contributed by atoms with van der Waals surface area (Å²) in [5.74, 6) is 0.582. The molecule has 0 spiro atoms. The van der Waals surface area contributed by atoms with Crippen LogP contribution in [0.25, 0.3) is 16.5 Å². The molecule has 0 bridgehead atoms. The molecule has 29 heavy (non-hydrogen) atoms. The maximum absolute atomic E-state index is 12.0. The average molecular weight is 386 g/mol. The molecule has 148 valence electrons. The molecule has 1 aromatic heterocycles. The fraction of sp³-hybridized carbons (Fsp3) is 0.320. The van der Waals surface area contributed by atoms with Gasteiger partial charge in [-0.2, -0.15) is 0 Å². The topological polar surface area (TPSA) is 39.3 Å². The summed E-state index contributed by atoms with van der Waals surface area (Å²) in [6.45, 7) is 5.65. The standard InChI is InChI=1S/C25H27N3O/c1-18(29)28-17-20(21-6-3-5-9-25(21)28)12-15-27-13-10-19(11-14-27)23-16-26-24-8-4-2-7-22(23)24/h2-10,16,20,26H,11-15,17H2,1H3. The number of carbonyl (C=O) groups is 1. The molecule has 1 amide bonds. The van der Waals surface area contributed by atoms with E-state index in [1.807, 2.05) is 11.0 Å². The highest BCUT2D eigenvalue weighted by Gasteiger charge is 2.30. The van der Waals surface area contributed by atoms with Crippen molar-refractivity contribution in [2.24, 2.45) is 0 Å². The predicted octanol–water partition coefficient (Wildman–Crippen LogP) is 4.80. The van der Waals surface area contributed by atoms with Gasteiger partial charge in [0.1, 0.15) is 0 Å². The monoisotopic (exact) mass is 385 g/mol. The third-order valence-electron chi connectivity index (χ3n) is 6.47. The van der Waals surface area contributed by atoms with E-state index in [1.165, 1.54) is 27.6 Å². The molecule has 3 aromatic rings. The van der Waals surface area contributed by atoms with Crippen molar-refractivity contribution in [3.05, 3.63) is 71.9 Å². The van der Waals surface area contributed by atoms with Gasteiger partial charge in [-0.15, -0.1) is 0 Å². The molecular weight excluding hydrogens is 358 g/mol. The number of para-hydroxylation sites is 2. The Morgan fingerprint density at radius 2 is 1.97 bits per heavy atom. The number of hydrogen-bond acceptors (Lipinski definition) is 2. The first-order valence-corrected chi connectivity index (χ1v) is 10.6. The summed E-state index contributed by atoms with van der Waals surface area (Å²) in [6.07, 6.45) is 6.72. The van der Waals surface area contributed by atoms with Crippen LogP contribution in [0.2, 0.25) is 0 Å². The lowest BCUT2D eigenvalue weighted by Crippen LogP contribution is -2.31. The Balaban J connectivity index is 1.24. The molecule has 4 heteroatoms. The highest BCUT2D eigenvalue weighted by molar-refractivity contribution is 5.94. The maximum Gasteiger partial charge on any atom is 0.223 e. The van der Waals surface area contributed by atoms with Crippen LogP contribution in [0.4, 0.5) is 5.69 Å². The van der Waals surface area contributed by atoms with Crippen molar-refractivity contribution in [3.8, 4) is 0 Å². The molecule has 5 rings (SSSR count). The number of H-pyrrole nitrogens is 1. The van der Waals surface area contributed by atoms with Gasteiger partial charge in [0.2, 0.25) is 5.91 Å². The first-order chi connectivity index (χ1) is 14.2. The van der Waals surface area contributed by atoms with Crippen LogP contribution >= 0.6 is 0 Å². The zero-order valence-corrected chi connectivity index (χ0v) is 16.9. The second kappa shape index (κ2) is 7.53. The van der Waals surface area contributed by atoms with Gasteiger partial charge in [-0.05, 0) is 42.7 Å². The van der Waals surface area contributed by atoms with Crippen molar-refractivity contribution >= 4 is 28.1 Å². The van der Waals surface area contributed by atoms with Crippen molar-refractivity contribution in [2.45, 2.75) is 25.7 Å². The van der Waals surface area contributed by atoms with E-state index in [9.17, 15) is 4.79 Å². The largest absolute Gasteiger partial charge is 0.361 e. The van der Waals surface area contributed by atoms with E-state index < -0.39 is 0 Å². The highest BCUT2D eigenvalue weighted by Crippen LogP contribution is 2.38. The van der Waals surface area contributed by atoms with Crippen LogP contribution in [0.5, 0.6) is 0 Å². The lowest BCUT2D eigenvalue weighted by atomic mass is 9.96. The molecule has 1 atom stereocenters. The molecule has 0 saturated carbocycles. The molecule has 1 N–H and O–H groups in total. The Morgan fingerprint density at radius 3 is 2.79 bits per heavy atom. The molecule has 3 heterocycles. The van der Waals surface area contributed by atoms with Gasteiger partial charge in [-0.1, -0.05) is 42.5 Å². The predicted molar refractivity (Wildman–Crippen MR) is 119 cm³/mol. The number of benzene rings is 2. The Hall–Kier alpha value is -2.85. The smallest absolute Gasteiger partial charge is 0.223 e. The van der Waals surface area contributed by atoms with E-state index in [1.54, 1.807) is 6.92 Å². The molecule has 0 fully saturated rings. The molecule has 2 aromatic carbocycles. The molecule has 4 nitrogen and oxygen atoms in total. The zero-order chi connectivity index (χ0) is 19.8. The number of rotatable bonds is 4. The Labute approximate surface area is 171 Å². The molecular formula is C25H27N3O. The van der Waals surface area contributed by atoms with E-state index in [0.29, 0.717) is 5.92 Å². The molecule has 0 aliphatic carbocycles. The van der Waals surface area contributed by atoms with Crippen molar-refractivity contribution in [1.82, 2.24) is 9.88 Å². The van der Waals surface area contributed by atoms with Crippen LogP contribution in [0.15, 0.2) is 60.8 Å². The second-order valence-electron chi connectivity index (χ2n) is 8.20. The summed E-state index contributed by atoms with van der Waals surface area (Å²) in [6, 6.07) is 16.9. The summed E-state index contributed by atoms with van der Waals surface area (Å²) in [5.41, 5.74) is 6.44. The van der Waals surface area contributed by atoms with Gasteiger partial charge in [-0.25, -0.2) is 0 Å². The number of hydrogen-bond donors (Lipinski definition) is 1. The molecule has 0 radical (unpaired) electrons. The van der Waals surface area contributed by atoms with Crippen molar-refractivity contribution in [1.29, 1.82) is 0 Å². The van der Waals surface area contributed by atoms with E-state index in [2.05, 4.69) is 64.6 Å². The maximum atomic E-state index is 12.0. The van der Waals surface area contributed by atoms with E-state index >= 15 is 0 Å². The van der Waals surface area contributed by atoms with Crippen LogP contribution in [0, 0.1) is 0 Å². The summed E-state index contributed by atoms with van der Waals surface area (Å²) < 4.78 is 0. The van der Waals surface area contributed by atoms with Gasteiger partial charge in [0.15, 0.2) is 0 Å². The Bertz CT molecular complexity index is 1080. The first-order valence-electron chi connectivity index (χ1n) is 10.6. The van der Waals surface area contributed by atoms with Gasteiger partial charge >= 0.3 is 0 Å². The average Bonchev–Trinajstić information content (AvgIpc) is 3.35. The number of nitrogens with zero attached hydrogens (tertiary/aromatic N) is 2. The lowest BCUT2D eigenvalue weighted by Gasteiger charge is -2.27. The molecule has 0 saturated heterocycles. The first kappa shape index (κ1) is 18.2. The zero-order valence-electron chi connectivity index (χ0n) is 16.9. The third-order valence-corrected chi connectivity index (χ3v) is 6.47. The van der Waals surface area contributed by atoms with Crippen molar-refractivity contribution in [2.75, 3.05) is 31.1 Å². The van der Waals surface area contributed by atoms with Crippen molar-refractivity contribution < 1.29 is 4.79 Å². The third kappa shape index (κ3) is 3.38. The number of aromatic nitrogens is 1. The normalized spacial score (nSPS) is 19.4. The number of amides is 1. The number of aromatic amines is 1. The van der Waals surface area contributed by atoms with Crippen LogP contribution in [0.3, 0.4) is 0 Å². The Kier molecular flexibility index (Phi) is 4.72. The fourth-order valence-electron chi connectivity index (χ4n) is 4.88. The Morgan fingerprint density at radius 1 is 1.14 bits per heavy atom. The number of fused-ring (bicyclic) bond motifs is 2. The minimum absolute atomic E-state index is 0.143. The summed E-state index contributed by atoms with van der Waals surface area (Å²) in [7, 11) is 0. The minimum Gasteiger partial charge on any atom is -0.361 e. The van der Waals surface area contributed by atoms with Gasteiger partial charge < -0.3 is 9.88 Å². The SMILES string of the molecule is CC(=O)N1CC(CCN2CC=C(c3c[nH]c4ccccc34)CC2)c2ccccc21. The molecule has 2 aliphatic rings. The van der Waals surface area contributed by atoms with Gasteiger partial charge in [0.25, 0.3) is 0 Å². The van der Waals surface area contributed by atoms with Gasteiger partial charge in [0, 0.05) is 60.8 Å². The van der Waals surface area contributed by atoms with E-state index in [4.69, 9.17) is 0 Å². The lowest BCUT2D eigenvalue weighted by molar-refractivity contribution is -0.116. The molecule has 1 unspecified atom stereocenters. The summed E-state index contributed by atoms with van der Waals surface area (Å²) >= 11 is 0. The van der Waals surface area contributed by atoms with E-state index in [-0.39, 0.29) is 5.91 Å². The van der Waals surface area contributed by atoms with Crippen molar-refractivity contribution in [3.63, 3.8) is 0 Å².